The lowest BCUT2D eigenvalue weighted by Crippen LogP contribution is -2.22. The molecule has 1 aromatic heterocycles. The summed E-state index contributed by atoms with van der Waals surface area (Å²) in [5.74, 6) is 1.11. The molecule has 0 atom stereocenters. The third kappa shape index (κ3) is 2.71. The van der Waals surface area contributed by atoms with Gasteiger partial charge in [0.05, 0.1) is 5.52 Å². The third-order valence-corrected chi connectivity index (χ3v) is 3.77. The van der Waals surface area contributed by atoms with Crippen molar-refractivity contribution < 1.29 is 0 Å². The van der Waals surface area contributed by atoms with Crippen LogP contribution in [-0.4, -0.2) is 24.6 Å². The largest absolute Gasteiger partial charge is 0.360 e. The maximum atomic E-state index is 4.83. The normalized spacial score (nSPS) is 14.8. The zero-order valence-electron chi connectivity index (χ0n) is 11.7. The van der Waals surface area contributed by atoms with E-state index in [9.17, 15) is 0 Å². The number of anilines is 1. The molecular formula is C16H21N3. The summed E-state index contributed by atoms with van der Waals surface area (Å²) in [6.07, 6.45) is 2.64. The summed E-state index contributed by atoms with van der Waals surface area (Å²) in [6, 6.07) is 11.3. The zero-order chi connectivity index (χ0) is 13.2. The summed E-state index contributed by atoms with van der Waals surface area (Å²) in [5.41, 5.74) is 2.38. The number of rotatable bonds is 5. The number of nitrogens with one attached hydrogen (secondary N) is 1. The smallest absolute Gasteiger partial charge is 0.133 e. The maximum Gasteiger partial charge on any atom is 0.133 e. The summed E-state index contributed by atoms with van der Waals surface area (Å²) in [6.45, 7) is 4.05. The Morgan fingerprint density at radius 1 is 1.32 bits per heavy atom. The van der Waals surface area contributed by atoms with Gasteiger partial charge in [-0.1, -0.05) is 18.2 Å². The van der Waals surface area contributed by atoms with Gasteiger partial charge in [0.2, 0.25) is 0 Å². The molecule has 0 spiro atoms. The molecule has 2 aromatic rings. The Hall–Kier alpha value is -1.61. The molecular weight excluding hydrogens is 234 g/mol. The van der Waals surface area contributed by atoms with Gasteiger partial charge in [-0.05, 0) is 31.9 Å². The number of benzene rings is 1. The first-order chi connectivity index (χ1) is 9.28. The Kier molecular flexibility index (Phi) is 3.38. The van der Waals surface area contributed by atoms with Crippen molar-refractivity contribution in [3.8, 4) is 0 Å². The predicted octanol–water partition coefficient (Wildman–Crippen LogP) is 2.94. The SMILES string of the molecule is CCN(C)c1nc2ccccc2cc1CNC1CC1. The van der Waals surface area contributed by atoms with Crippen LogP contribution in [0.3, 0.4) is 0 Å². The molecule has 19 heavy (non-hydrogen) atoms. The average molecular weight is 255 g/mol. The quantitative estimate of drug-likeness (QED) is 0.890. The van der Waals surface area contributed by atoms with Gasteiger partial charge in [0.25, 0.3) is 0 Å². The van der Waals surface area contributed by atoms with Crippen molar-refractivity contribution in [1.29, 1.82) is 0 Å². The summed E-state index contributed by atoms with van der Waals surface area (Å²) in [5, 5.41) is 4.82. The number of aromatic nitrogens is 1. The van der Waals surface area contributed by atoms with E-state index >= 15 is 0 Å². The molecule has 1 N–H and O–H groups in total. The molecule has 3 heteroatoms. The van der Waals surface area contributed by atoms with E-state index in [1.54, 1.807) is 0 Å². The lowest BCUT2D eigenvalue weighted by molar-refractivity contribution is 0.684. The van der Waals surface area contributed by atoms with Gasteiger partial charge in [-0.2, -0.15) is 0 Å². The minimum Gasteiger partial charge on any atom is -0.360 e. The van der Waals surface area contributed by atoms with Crippen molar-refractivity contribution in [3.05, 3.63) is 35.9 Å². The van der Waals surface area contributed by atoms with Crippen LogP contribution in [0.5, 0.6) is 0 Å². The Labute approximate surface area is 114 Å². The first-order valence-corrected chi connectivity index (χ1v) is 7.11. The van der Waals surface area contributed by atoms with Gasteiger partial charge in [0.1, 0.15) is 5.82 Å². The van der Waals surface area contributed by atoms with Crippen LogP contribution in [-0.2, 0) is 6.54 Å². The fraction of sp³-hybridized carbons (Fsp3) is 0.438. The van der Waals surface area contributed by atoms with Crippen molar-refractivity contribution in [3.63, 3.8) is 0 Å². The maximum absolute atomic E-state index is 4.83. The second kappa shape index (κ2) is 5.17. The van der Waals surface area contributed by atoms with Crippen LogP contribution in [0.25, 0.3) is 10.9 Å². The number of hydrogen-bond donors (Lipinski definition) is 1. The molecule has 3 nitrogen and oxygen atoms in total. The second-order valence-electron chi connectivity index (χ2n) is 5.33. The highest BCUT2D eigenvalue weighted by atomic mass is 15.2. The van der Waals surface area contributed by atoms with E-state index in [2.05, 4.69) is 48.5 Å². The molecule has 0 saturated heterocycles. The van der Waals surface area contributed by atoms with E-state index in [1.165, 1.54) is 23.8 Å². The minimum atomic E-state index is 0.728. The van der Waals surface area contributed by atoms with Crippen LogP contribution >= 0.6 is 0 Å². The predicted molar refractivity (Wildman–Crippen MR) is 80.5 cm³/mol. The lowest BCUT2D eigenvalue weighted by Gasteiger charge is -2.20. The Bertz CT molecular complexity index is 575. The van der Waals surface area contributed by atoms with Crippen molar-refractivity contribution in [2.45, 2.75) is 32.4 Å². The van der Waals surface area contributed by atoms with Crippen LogP contribution in [0.1, 0.15) is 25.3 Å². The summed E-state index contributed by atoms with van der Waals surface area (Å²) >= 11 is 0. The molecule has 0 radical (unpaired) electrons. The molecule has 1 saturated carbocycles. The summed E-state index contributed by atoms with van der Waals surface area (Å²) < 4.78 is 0. The van der Waals surface area contributed by atoms with Crippen molar-refractivity contribution in [1.82, 2.24) is 10.3 Å². The van der Waals surface area contributed by atoms with Gasteiger partial charge in [-0.15, -0.1) is 0 Å². The fourth-order valence-corrected chi connectivity index (χ4v) is 2.30. The Morgan fingerprint density at radius 3 is 2.84 bits per heavy atom. The summed E-state index contributed by atoms with van der Waals surface area (Å²) in [7, 11) is 2.11. The molecule has 0 amide bonds. The fourth-order valence-electron chi connectivity index (χ4n) is 2.30. The van der Waals surface area contributed by atoms with Gasteiger partial charge in [-0.3, -0.25) is 0 Å². The minimum absolute atomic E-state index is 0.728. The van der Waals surface area contributed by atoms with Crippen molar-refractivity contribution in [2.24, 2.45) is 0 Å². The van der Waals surface area contributed by atoms with Gasteiger partial charge in [-0.25, -0.2) is 4.98 Å². The first-order valence-electron chi connectivity index (χ1n) is 7.11. The molecule has 0 aliphatic heterocycles. The molecule has 1 aliphatic carbocycles. The Balaban J connectivity index is 1.98. The number of para-hydroxylation sites is 1. The highest BCUT2D eigenvalue weighted by Crippen LogP contribution is 2.25. The highest BCUT2D eigenvalue weighted by Gasteiger charge is 2.21. The van der Waals surface area contributed by atoms with E-state index in [4.69, 9.17) is 4.98 Å². The molecule has 1 heterocycles. The van der Waals surface area contributed by atoms with Crippen molar-refractivity contribution >= 4 is 16.7 Å². The molecule has 1 aromatic carbocycles. The molecule has 100 valence electrons. The number of pyridine rings is 1. The van der Waals surface area contributed by atoms with Crippen LogP contribution in [0.2, 0.25) is 0 Å². The first kappa shape index (κ1) is 12.4. The van der Waals surface area contributed by atoms with Gasteiger partial charge >= 0.3 is 0 Å². The standard InChI is InChI=1S/C16H21N3/c1-3-19(2)16-13(11-17-14-8-9-14)10-12-6-4-5-7-15(12)18-16/h4-7,10,14,17H,3,8-9,11H2,1-2H3. The van der Waals surface area contributed by atoms with Crippen LogP contribution in [0.4, 0.5) is 5.82 Å². The monoisotopic (exact) mass is 255 g/mol. The van der Waals surface area contributed by atoms with E-state index in [1.807, 2.05) is 6.07 Å². The summed E-state index contributed by atoms with van der Waals surface area (Å²) in [4.78, 5) is 7.05. The molecule has 0 unspecified atom stereocenters. The van der Waals surface area contributed by atoms with Crippen LogP contribution < -0.4 is 10.2 Å². The zero-order valence-corrected chi connectivity index (χ0v) is 11.7. The van der Waals surface area contributed by atoms with E-state index in [0.717, 1.165) is 30.5 Å². The number of fused-ring (bicyclic) bond motifs is 1. The van der Waals surface area contributed by atoms with Gasteiger partial charge in [0.15, 0.2) is 0 Å². The van der Waals surface area contributed by atoms with Crippen LogP contribution in [0.15, 0.2) is 30.3 Å². The second-order valence-corrected chi connectivity index (χ2v) is 5.33. The topological polar surface area (TPSA) is 28.2 Å². The van der Waals surface area contributed by atoms with Gasteiger partial charge < -0.3 is 10.2 Å². The molecule has 3 rings (SSSR count). The molecule has 1 fully saturated rings. The highest BCUT2D eigenvalue weighted by molar-refractivity contribution is 5.81. The molecule has 1 aliphatic rings. The average Bonchev–Trinajstić information content (AvgIpc) is 3.27. The Morgan fingerprint density at radius 2 is 2.11 bits per heavy atom. The van der Waals surface area contributed by atoms with Crippen LogP contribution in [0, 0.1) is 0 Å². The third-order valence-electron chi connectivity index (χ3n) is 3.77. The number of hydrogen-bond acceptors (Lipinski definition) is 3. The van der Waals surface area contributed by atoms with E-state index < -0.39 is 0 Å². The van der Waals surface area contributed by atoms with E-state index in [0.29, 0.717) is 0 Å². The lowest BCUT2D eigenvalue weighted by atomic mass is 10.1. The van der Waals surface area contributed by atoms with E-state index in [-0.39, 0.29) is 0 Å². The molecule has 0 bridgehead atoms. The number of nitrogens with zero attached hydrogens (tertiary/aromatic N) is 2. The van der Waals surface area contributed by atoms with Gasteiger partial charge in [0, 0.05) is 37.1 Å². The van der Waals surface area contributed by atoms with Crippen molar-refractivity contribution in [2.75, 3.05) is 18.5 Å².